The molecule has 44 heavy (non-hydrogen) atoms. The minimum atomic E-state index is -0.646. The maximum absolute atomic E-state index is 13.7. The third kappa shape index (κ3) is 5.70. The van der Waals surface area contributed by atoms with Crippen LogP contribution in [0.3, 0.4) is 0 Å². The molecule has 0 spiro atoms. The first-order chi connectivity index (χ1) is 21.0. The second kappa shape index (κ2) is 10.6. The summed E-state index contributed by atoms with van der Waals surface area (Å²) in [6.45, 7) is 7.92. The Balaban J connectivity index is 1.25. The molecule has 4 aromatic heterocycles. The summed E-state index contributed by atoms with van der Waals surface area (Å²) in [7, 11) is 4.09. The van der Waals surface area contributed by atoms with E-state index in [1.165, 1.54) is 18.4 Å². The predicted molar refractivity (Wildman–Crippen MR) is 173 cm³/mol. The first-order valence-corrected chi connectivity index (χ1v) is 15.4. The Morgan fingerprint density at radius 2 is 1.82 bits per heavy atom. The minimum absolute atomic E-state index is 0.254. The quantitative estimate of drug-likeness (QED) is 0.199. The van der Waals surface area contributed by atoms with Crippen molar-refractivity contribution >= 4 is 34.0 Å². The largest absolute Gasteiger partial charge is 0.443 e. The highest BCUT2D eigenvalue weighted by Gasteiger charge is 2.43. The summed E-state index contributed by atoms with van der Waals surface area (Å²) in [5, 5.41) is 1.02. The van der Waals surface area contributed by atoms with E-state index in [9.17, 15) is 4.79 Å². The molecule has 0 radical (unpaired) electrons. The van der Waals surface area contributed by atoms with Crippen LogP contribution in [0.25, 0.3) is 16.6 Å². The molecule has 2 aliphatic rings. The van der Waals surface area contributed by atoms with Gasteiger partial charge in [-0.15, -0.1) is 0 Å². The number of ether oxygens (including phenoxy) is 1. The monoisotopic (exact) mass is 589 g/mol. The number of anilines is 2. The van der Waals surface area contributed by atoms with Gasteiger partial charge in [0.1, 0.15) is 17.1 Å². The highest BCUT2D eigenvalue weighted by Crippen LogP contribution is 2.53. The fourth-order valence-electron chi connectivity index (χ4n) is 5.94. The van der Waals surface area contributed by atoms with Gasteiger partial charge in [-0.2, -0.15) is 0 Å². The normalized spacial score (nSPS) is 18.0. The van der Waals surface area contributed by atoms with Gasteiger partial charge in [0.2, 0.25) is 0 Å². The molecule has 9 heteroatoms. The number of fused-ring (bicyclic) bond motifs is 2. The Kier molecular flexibility index (Phi) is 6.79. The Hall–Kier alpha value is -4.53. The average Bonchev–Trinajstić information content (AvgIpc) is 3.90. The number of hydrogen-bond donors (Lipinski definition) is 0. The molecule has 2 saturated carbocycles. The number of imidazole rings is 1. The van der Waals surface area contributed by atoms with Gasteiger partial charge in [-0.1, -0.05) is 6.07 Å². The Morgan fingerprint density at radius 1 is 1.00 bits per heavy atom. The van der Waals surface area contributed by atoms with Crippen molar-refractivity contribution in [2.75, 3.05) is 23.9 Å². The lowest BCUT2D eigenvalue weighted by atomic mass is 10.1. The van der Waals surface area contributed by atoms with E-state index in [2.05, 4.69) is 43.7 Å². The number of carbonyl (C=O) groups excluding carboxylic acids is 1. The molecule has 0 unspecified atom stereocenters. The molecule has 0 aliphatic heterocycles. The zero-order valence-electron chi connectivity index (χ0n) is 26.3. The number of pyridine rings is 2. The van der Waals surface area contributed by atoms with Crippen molar-refractivity contribution in [2.24, 2.45) is 0 Å². The van der Waals surface area contributed by atoms with Crippen LogP contribution in [0.1, 0.15) is 86.3 Å². The summed E-state index contributed by atoms with van der Waals surface area (Å²) >= 11 is 0. The van der Waals surface area contributed by atoms with Gasteiger partial charge in [-0.3, -0.25) is 9.88 Å². The third-order valence-corrected chi connectivity index (χ3v) is 8.41. The molecule has 9 nitrogen and oxygen atoms in total. The smallest absolute Gasteiger partial charge is 0.415 e. The summed E-state index contributed by atoms with van der Waals surface area (Å²) in [6.07, 6.45) is 9.05. The van der Waals surface area contributed by atoms with Crippen molar-refractivity contribution in [3.8, 4) is 0 Å². The van der Waals surface area contributed by atoms with Gasteiger partial charge in [-0.25, -0.2) is 19.7 Å². The van der Waals surface area contributed by atoms with Crippen molar-refractivity contribution in [3.05, 3.63) is 89.5 Å². The van der Waals surface area contributed by atoms with Crippen LogP contribution in [0.4, 0.5) is 16.2 Å². The SMILES string of the molecule is Cc1ccnc([C@H]2C[C@@H]2c2cc(N(C)C)c3ccc(N(Cc4cn5cc(C6CC6)ccc5n4)C(=O)OC(C)(C)C)cc3n2)n1. The Morgan fingerprint density at radius 3 is 2.55 bits per heavy atom. The molecule has 1 aromatic carbocycles. The fourth-order valence-corrected chi connectivity index (χ4v) is 5.94. The highest BCUT2D eigenvalue weighted by atomic mass is 16.6. The van der Waals surface area contributed by atoms with E-state index in [0.717, 1.165) is 51.6 Å². The second-order valence-electron chi connectivity index (χ2n) is 13.5. The molecule has 226 valence electrons. The number of amides is 1. The summed E-state index contributed by atoms with van der Waals surface area (Å²) in [5.41, 5.74) is 6.97. The molecule has 0 saturated heterocycles. The number of aromatic nitrogens is 5. The predicted octanol–water partition coefficient (Wildman–Crippen LogP) is 7.14. The summed E-state index contributed by atoms with van der Waals surface area (Å²) in [4.78, 5) is 36.7. The van der Waals surface area contributed by atoms with Crippen LogP contribution in [0, 0.1) is 6.92 Å². The molecule has 2 aliphatic carbocycles. The van der Waals surface area contributed by atoms with Crippen molar-refractivity contribution < 1.29 is 9.53 Å². The summed E-state index contributed by atoms with van der Waals surface area (Å²) < 4.78 is 7.96. The van der Waals surface area contributed by atoms with Crippen molar-refractivity contribution in [1.82, 2.24) is 24.3 Å². The first kappa shape index (κ1) is 28.3. The van der Waals surface area contributed by atoms with Crippen molar-refractivity contribution in [3.63, 3.8) is 0 Å². The van der Waals surface area contributed by atoms with Gasteiger partial charge in [-0.05, 0) is 94.8 Å². The molecule has 2 fully saturated rings. The molecule has 5 aromatic rings. The molecule has 2 atom stereocenters. The summed E-state index contributed by atoms with van der Waals surface area (Å²) in [5.74, 6) is 2.04. The van der Waals surface area contributed by atoms with Crippen LogP contribution in [0.15, 0.2) is 61.1 Å². The lowest BCUT2D eigenvalue weighted by Crippen LogP contribution is -2.36. The number of rotatable bonds is 7. The van der Waals surface area contributed by atoms with E-state index >= 15 is 0 Å². The van der Waals surface area contributed by atoms with E-state index in [1.54, 1.807) is 4.90 Å². The minimum Gasteiger partial charge on any atom is -0.443 e. The molecule has 4 heterocycles. The van der Waals surface area contributed by atoms with Gasteiger partial charge < -0.3 is 14.0 Å². The van der Waals surface area contributed by atoms with Crippen LogP contribution in [-0.2, 0) is 11.3 Å². The Labute approximate surface area is 257 Å². The lowest BCUT2D eigenvalue weighted by Gasteiger charge is -2.27. The van der Waals surface area contributed by atoms with Gasteiger partial charge in [0.05, 0.1) is 17.8 Å². The van der Waals surface area contributed by atoms with Crippen molar-refractivity contribution in [1.29, 1.82) is 0 Å². The molecule has 7 rings (SSSR count). The van der Waals surface area contributed by atoms with E-state index in [4.69, 9.17) is 14.7 Å². The zero-order chi connectivity index (χ0) is 30.7. The standard InChI is InChI=1S/C35H39N7O2/c1-21-13-14-36-33(37-21)28-16-27(28)30-17-31(40(5)6)26-11-10-25(15-29(26)39-30)42(34(43)44-35(2,3)4)20-24-19-41-18-23(22-7-8-22)9-12-32(41)38-24/h9-15,17-19,22,27-28H,7-8,16,20H2,1-6H3/t27-,28-/m0/s1. The summed E-state index contributed by atoms with van der Waals surface area (Å²) in [6, 6.07) is 14.4. The van der Waals surface area contributed by atoms with E-state index in [0.29, 0.717) is 11.6 Å². The number of benzene rings is 1. The Bertz CT molecular complexity index is 1890. The third-order valence-electron chi connectivity index (χ3n) is 8.41. The van der Waals surface area contributed by atoms with Crippen LogP contribution >= 0.6 is 0 Å². The highest BCUT2D eigenvalue weighted by molar-refractivity contribution is 5.97. The van der Waals surface area contributed by atoms with E-state index in [-0.39, 0.29) is 18.4 Å². The zero-order valence-corrected chi connectivity index (χ0v) is 26.3. The van der Waals surface area contributed by atoms with Crippen LogP contribution in [-0.4, -0.2) is 50.1 Å². The van der Waals surface area contributed by atoms with Gasteiger partial charge in [0.15, 0.2) is 0 Å². The first-order valence-electron chi connectivity index (χ1n) is 15.4. The van der Waals surface area contributed by atoms with Crippen LogP contribution < -0.4 is 9.80 Å². The van der Waals surface area contributed by atoms with E-state index in [1.807, 2.05) is 78.4 Å². The van der Waals surface area contributed by atoms with Gasteiger partial charge >= 0.3 is 6.09 Å². The lowest BCUT2D eigenvalue weighted by molar-refractivity contribution is 0.0577. The second-order valence-corrected chi connectivity index (χ2v) is 13.5. The molecule has 0 bridgehead atoms. The van der Waals surface area contributed by atoms with Crippen LogP contribution in [0.5, 0.6) is 0 Å². The van der Waals surface area contributed by atoms with Crippen molar-refractivity contribution in [2.45, 2.75) is 76.9 Å². The average molecular weight is 590 g/mol. The maximum Gasteiger partial charge on any atom is 0.415 e. The topological polar surface area (TPSA) is 88.8 Å². The van der Waals surface area contributed by atoms with Crippen LogP contribution in [0.2, 0.25) is 0 Å². The number of carbonyl (C=O) groups is 1. The number of hydrogen-bond acceptors (Lipinski definition) is 7. The van der Waals surface area contributed by atoms with Gasteiger partial charge in [0, 0.05) is 72.7 Å². The fraction of sp³-hybridized carbons (Fsp3) is 0.400. The molecular weight excluding hydrogens is 550 g/mol. The van der Waals surface area contributed by atoms with Gasteiger partial charge in [0.25, 0.3) is 0 Å². The maximum atomic E-state index is 13.7. The molecular formula is C35H39N7O2. The molecule has 0 N–H and O–H groups in total. The number of aryl methyl sites for hydroxylation is 1. The number of nitrogens with zero attached hydrogens (tertiary/aromatic N) is 7. The molecule has 1 amide bonds. The van der Waals surface area contributed by atoms with E-state index < -0.39 is 11.7 Å².